The molecule has 7 nitrogen and oxygen atoms in total. The summed E-state index contributed by atoms with van der Waals surface area (Å²) in [6.45, 7) is 1.93. The van der Waals surface area contributed by atoms with Crippen LogP contribution in [0.5, 0.6) is 0 Å². The second-order valence-corrected chi connectivity index (χ2v) is 4.05. The summed E-state index contributed by atoms with van der Waals surface area (Å²) in [4.78, 5) is 23.0. The fraction of sp³-hybridized carbons (Fsp3) is 0.167. The maximum atomic E-state index is 12.0. The molecule has 0 saturated heterocycles. The van der Waals surface area contributed by atoms with Crippen molar-refractivity contribution in [2.24, 2.45) is 0 Å². The number of hydrogen-bond acceptors (Lipinski definition) is 5. The molecule has 2 heterocycles. The fourth-order valence-corrected chi connectivity index (χ4v) is 1.75. The van der Waals surface area contributed by atoms with Crippen LogP contribution in [0.2, 0.25) is 0 Å². The molecule has 0 aliphatic rings. The van der Waals surface area contributed by atoms with Crippen LogP contribution in [0.1, 0.15) is 22.1 Å². The molecular weight excluding hydrogens is 246 g/mol. The summed E-state index contributed by atoms with van der Waals surface area (Å²) in [7, 11) is 0. The summed E-state index contributed by atoms with van der Waals surface area (Å²) >= 11 is 0. The Labute approximate surface area is 108 Å². The van der Waals surface area contributed by atoms with Gasteiger partial charge in [0.2, 0.25) is 5.89 Å². The first-order valence-corrected chi connectivity index (χ1v) is 5.73. The minimum atomic E-state index is -0.202. The number of rotatable bonds is 3. The van der Waals surface area contributed by atoms with E-state index in [1.165, 1.54) is 0 Å². The standard InChI is InChI=1S/C12H11N5O2/c1-7-16-11(19-17-7)5-13-12(18)8-2-3-9-10(4-8)15-6-14-9/h2-4,6H,5H2,1H3,(H,13,18)(H,14,15). The van der Waals surface area contributed by atoms with Gasteiger partial charge in [0.15, 0.2) is 5.82 Å². The van der Waals surface area contributed by atoms with Gasteiger partial charge in [-0.3, -0.25) is 4.79 Å². The molecule has 3 rings (SSSR count). The van der Waals surface area contributed by atoms with Crippen molar-refractivity contribution in [3.05, 3.63) is 41.8 Å². The van der Waals surface area contributed by atoms with Crippen LogP contribution in [0.15, 0.2) is 29.0 Å². The number of nitrogens with one attached hydrogen (secondary N) is 2. The minimum Gasteiger partial charge on any atom is -0.345 e. The Morgan fingerprint density at radius 2 is 2.37 bits per heavy atom. The molecule has 0 unspecified atom stereocenters. The van der Waals surface area contributed by atoms with E-state index >= 15 is 0 Å². The topological polar surface area (TPSA) is 96.7 Å². The number of aromatic nitrogens is 4. The zero-order chi connectivity index (χ0) is 13.2. The third-order valence-electron chi connectivity index (χ3n) is 2.65. The third kappa shape index (κ3) is 2.30. The zero-order valence-corrected chi connectivity index (χ0v) is 10.2. The first-order valence-electron chi connectivity index (χ1n) is 5.73. The van der Waals surface area contributed by atoms with Gasteiger partial charge in [0.1, 0.15) is 0 Å². The lowest BCUT2D eigenvalue weighted by Gasteiger charge is -2.02. The van der Waals surface area contributed by atoms with Crippen molar-refractivity contribution in [1.82, 2.24) is 25.4 Å². The maximum absolute atomic E-state index is 12.0. The highest BCUT2D eigenvalue weighted by atomic mass is 16.5. The lowest BCUT2D eigenvalue weighted by Crippen LogP contribution is -2.22. The molecule has 2 aromatic heterocycles. The molecule has 7 heteroatoms. The summed E-state index contributed by atoms with van der Waals surface area (Å²) in [6, 6.07) is 5.26. The quantitative estimate of drug-likeness (QED) is 0.734. The van der Waals surface area contributed by atoms with Crippen molar-refractivity contribution in [3.8, 4) is 0 Å². The van der Waals surface area contributed by atoms with Crippen LogP contribution in [0.4, 0.5) is 0 Å². The summed E-state index contributed by atoms with van der Waals surface area (Å²) in [5, 5.41) is 6.37. The number of benzene rings is 1. The molecule has 1 amide bonds. The number of carbonyl (C=O) groups excluding carboxylic acids is 1. The van der Waals surface area contributed by atoms with Gasteiger partial charge in [-0.25, -0.2) is 4.98 Å². The lowest BCUT2D eigenvalue weighted by atomic mass is 10.2. The Morgan fingerprint density at radius 3 is 3.16 bits per heavy atom. The fourth-order valence-electron chi connectivity index (χ4n) is 1.75. The molecule has 3 aromatic rings. The molecule has 0 fully saturated rings. The second-order valence-electron chi connectivity index (χ2n) is 4.05. The Hall–Kier alpha value is -2.70. The van der Waals surface area contributed by atoms with E-state index in [0.717, 1.165) is 11.0 Å². The molecular formula is C12H11N5O2. The largest absolute Gasteiger partial charge is 0.345 e. The summed E-state index contributed by atoms with van der Waals surface area (Å²) < 4.78 is 4.92. The Balaban J connectivity index is 1.72. The number of fused-ring (bicyclic) bond motifs is 1. The van der Waals surface area contributed by atoms with Crippen LogP contribution in [0.25, 0.3) is 11.0 Å². The number of aromatic amines is 1. The van der Waals surface area contributed by atoms with E-state index in [2.05, 4.69) is 25.4 Å². The van der Waals surface area contributed by atoms with Crippen LogP contribution in [0, 0.1) is 6.92 Å². The van der Waals surface area contributed by atoms with E-state index in [0.29, 0.717) is 17.3 Å². The van der Waals surface area contributed by atoms with Crippen LogP contribution in [-0.2, 0) is 6.54 Å². The molecule has 19 heavy (non-hydrogen) atoms. The Bertz CT molecular complexity index is 730. The molecule has 2 N–H and O–H groups in total. The minimum absolute atomic E-state index is 0.202. The van der Waals surface area contributed by atoms with Crippen molar-refractivity contribution in [2.75, 3.05) is 0 Å². The van der Waals surface area contributed by atoms with Crippen LogP contribution in [0.3, 0.4) is 0 Å². The number of amides is 1. The van der Waals surface area contributed by atoms with Gasteiger partial charge in [0, 0.05) is 5.56 Å². The summed E-state index contributed by atoms with van der Waals surface area (Å²) in [6.07, 6.45) is 1.59. The molecule has 1 aromatic carbocycles. The number of H-pyrrole nitrogens is 1. The number of hydrogen-bond donors (Lipinski definition) is 2. The summed E-state index contributed by atoms with van der Waals surface area (Å²) in [5.41, 5.74) is 2.19. The highest BCUT2D eigenvalue weighted by Crippen LogP contribution is 2.11. The van der Waals surface area contributed by atoms with Gasteiger partial charge in [-0.05, 0) is 25.1 Å². The molecule has 0 saturated carbocycles. The van der Waals surface area contributed by atoms with E-state index in [9.17, 15) is 4.79 Å². The van der Waals surface area contributed by atoms with E-state index in [1.54, 1.807) is 31.5 Å². The van der Waals surface area contributed by atoms with Crippen LogP contribution >= 0.6 is 0 Å². The monoisotopic (exact) mass is 257 g/mol. The first-order chi connectivity index (χ1) is 9.22. The third-order valence-corrected chi connectivity index (χ3v) is 2.65. The van der Waals surface area contributed by atoms with Gasteiger partial charge in [0.25, 0.3) is 5.91 Å². The highest BCUT2D eigenvalue weighted by Gasteiger charge is 2.09. The molecule has 0 aliphatic heterocycles. The van der Waals surface area contributed by atoms with E-state index < -0.39 is 0 Å². The smallest absolute Gasteiger partial charge is 0.251 e. The average Bonchev–Trinajstić information content (AvgIpc) is 3.03. The van der Waals surface area contributed by atoms with E-state index in [4.69, 9.17) is 4.52 Å². The molecule has 0 spiro atoms. The van der Waals surface area contributed by atoms with Gasteiger partial charge < -0.3 is 14.8 Å². The number of carbonyl (C=O) groups is 1. The van der Waals surface area contributed by atoms with Gasteiger partial charge in [-0.2, -0.15) is 4.98 Å². The SMILES string of the molecule is Cc1noc(CNC(=O)c2ccc3nc[nH]c3c2)n1. The second kappa shape index (κ2) is 4.52. The van der Waals surface area contributed by atoms with Gasteiger partial charge in [-0.1, -0.05) is 5.16 Å². The molecule has 0 aliphatic carbocycles. The lowest BCUT2D eigenvalue weighted by molar-refractivity contribution is 0.0946. The first kappa shape index (κ1) is 11.4. The zero-order valence-electron chi connectivity index (χ0n) is 10.2. The molecule has 96 valence electrons. The highest BCUT2D eigenvalue weighted by molar-refractivity contribution is 5.97. The Kier molecular flexibility index (Phi) is 2.71. The molecule has 0 bridgehead atoms. The van der Waals surface area contributed by atoms with Gasteiger partial charge >= 0.3 is 0 Å². The molecule has 0 atom stereocenters. The van der Waals surface area contributed by atoms with Crippen molar-refractivity contribution >= 4 is 16.9 Å². The summed E-state index contributed by atoms with van der Waals surface area (Å²) in [5.74, 6) is 0.726. The van der Waals surface area contributed by atoms with E-state index in [1.807, 2.05) is 0 Å². The Morgan fingerprint density at radius 1 is 1.47 bits per heavy atom. The maximum Gasteiger partial charge on any atom is 0.251 e. The number of nitrogens with zero attached hydrogens (tertiary/aromatic N) is 3. The average molecular weight is 257 g/mol. The molecule has 0 radical (unpaired) electrons. The van der Waals surface area contributed by atoms with Crippen molar-refractivity contribution in [2.45, 2.75) is 13.5 Å². The van der Waals surface area contributed by atoms with Crippen LogP contribution in [-0.4, -0.2) is 26.0 Å². The van der Waals surface area contributed by atoms with Crippen molar-refractivity contribution < 1.29 is 9.32 Å². The van der Waals surface area contributed by atoms with Crippen LogP contribution < -0.4 is 5.32 Å². The van der Waals surface area contributed by atoms with E-state index in [-0.39, 0.29) is 12.5 Å². The van der Waals surface area contributed by atoms with Gasteiger partial charge in [0.05, 0.1) is 23.9 Å². The van der Waals surface area contributed by atoms with Gasteiger partial charge in [-0.15, -0.1) is 0 Å². The number of imidazole rings is 1. The van der Waals surface area contributed by atoms with Crippen molar-refractivity contribution in [3.63, 3.8) is 0 Å². The predicted octanol–water partition coefficient (Wildman–Crippen LogP) is 1.18. The number of aryl methyl sites for hydroxylation is 1. The van der Waals surface area contributed by atoms with Crippen molar-refractivity contribution in [1.29, 1.82) is 0 Å². The normalized spacial score (nSPS) is 10.8. The predicted molar refractivity (Wildman–Crippen MR) is 66.3 cm³/mol.